The number of aliphatic carboxylic acids is 1. The summed E-state index contributed by atoms with van der Waals surface area (Å²) in [6, 6.07) is 0.275. The van der Waals surface area contributed by atoms with Crippen LogP contribution in [0, 0.1) is 11.6 Å². The van der Waals surface area contributed by atoms with E-state index >= 15 is 0 Å². The van der Waals surface area contributed by atoms with E-state index < -0.39 is 35.0 Å². The van der Waals surface area contributed by atoms with E-state index in [0.717, 1.165) is 12.1 Å². The molecule has 80 valence electrons. The van der Waals surface area contributed by atoms with Gasteiger partial charge >= 0.3 is 5.97 Å². The molecule has 1 aromatic carbocycles. The second kappa shape index (κ2) is 4.14. The van der Waals surface area contributed by atoms with Crippen LogP contribution >= 0.6 is 0 Å². The minimum atomic E-state index is -1.89. The summed E-state index contributed by atoms with van der Waals surface area (Å²) in [6.45, 7) is 0. The van der Waals surface area contributed by atoms with E-state index in [4.69, 9.17) is 10.8 Å². The first-order chi connectivity index (χ1) is 6.93. The Kier molecular flexibility index (Phi) is 3.11. The van der Waals surface area contributed by atoms with Crippen LogP contribution in [0.3, 0.4) is 0 Å². The smallest absolute Gasteiger partial charge is 0.328 e. The third-order valence-corrected chi connectivity index (χ3v) is 1.74. The van der Waals surface area contributed by atoms with Gasteiger partial charge in [0.15, 0.2) is 11.8 Å². The van der Waals surface area contributed by atoms with E-state index in [1.165, 1.54) is 0 Å². The van der Waals surface area contributed by atoms with Gasteiger partial charge in [-0.15, -0.1) is 0 Å². The number of carboxylic acids is 1. The molecule has 6 heteroatoms. The number of carbonyl (C=O) groups is 2. The number of carbonyl (C=O) groups excluding carboxylic acids is 1. The monoisotopic (exact) mass is 215 g/mol. The zero-order chi connectivity index (χ0) is 11.6. The summed E-state index contributed by atoms with van der Waals surface area (Å²) in [5.74, 6) is -4.60. The van der Waals surface area contributed by atoms with Gasteiger partial charge in [0.2, 0.25) is 0 Å². The molecule has 1 aromatic rings. The molecule has 0 amide bonds. The minimum absolute atomic E-state index is 0.612. The highest BCUT2D eigenvalue weighted by Crippen LogP contribution is 2.11. The van der Waals surface area contributed by atoms with Crippen molar-refractivity contribution in [2.45, 2.75) is 6.04 Å². The van der Waals surface area contributed by atoms with Crippen molar-refractivity contribution in [3.63, 3.8) is 0 Å². The number of carboxylic acid groups (broad SMARTS) is 1. The van der Waals surface area contributed by atoms with Gasteiger partial charge < -0.3 is 10.8 Å². The normalized spacial score (nSPS) is 12.2. The van der Waals surface area contributed by atoms with Gasteiger partial charge in [-0.25, -0.2) is 8.78 Å². The van der Waals surface area contributed by atoms with E-state index in [2.05, 4.69) is 0 Å². The van der Waals surface area contributed by atoms with Gasteiger partial charge in [-0.1, -0.05) is 0 Å². The summed E-state index contributed by atoms with van der Waals surface area (Å²) in [5, 5.41) is 8.41. The number of hydrogen-bond acceptors (Lipinski definition) is 3. The Morgan fingerprint density at radius 2 is 1.93 bits per heavy atom. The maximum atomic E-state index is 13.0. The van der Waals surface area contributed by atoms with Crippen LogP contribution in [0.25, 0.3) is 0 Å². The fraction of sp³-hybridized carbons (Fsp3) is 0.111. The molecule has 0 fully saturated rings. The molecule has 4 nitrogen and oxygen atoms in total. The van der Waals surface area contributed by atoms with Crippen LogP contribution in [0.1, 0.15) is 10.4 Å². The van der Waals surface area contributed by atoms with Gasteiger partial charge in [0.05, 0.1) is 5.56 Å². The van der Waals surface area contributed by atoms with Crippen LogP contribution in [0.15, 0.2) is 18.2 Å². The van der Waals surface area contributed by atoms with Crippen molar-refractivity contribution in [1.29, 1.82) is 0 Å². The molecule has 1 rings (SSSR count). The van der Waals surface area contributed by atoms with E-state index in [1.54, 1.807) is 0 Å². The van der Waals surface area contributed by atoms with E-state index in [-0.39, 0.29) is 0 Å². The standard InChI is InChI=1S/C9H7F2NO3/c10-4-1-2-6(11)5(3-4)8(13)7(12)9(14)15/h1-3,7H,12H2,(H,14,15). The van der Waals surface area contributed by atoms with E-state index in [9.17, 15) is 18.4 Å². The molecule has 1 unspecified atom stereocenters. The molecular weight excluding hydrogens is 208 g/mol. The summed E-state index contributed by atoms with van der Waals surface area (Å²) in [5.41, 5.74) is 4.31. The molecule has 0 bridgehead atoms. The molecule has 0 heterocycles. The Morgan fingerprint density at radius 3 is 2.47 bits per heavy atom. The highest BCUT2D eigenvalue weighted by atomic mass is 19.1. The highest BCUT2D eigenvalue weighted by Gasteiger charge is 2.25. The Bertz CT molecular complexity index is 420. The molecule has 0 saturated heterocycles. The van der Waals surface area contributed by atoms with E-state index in [1.807, 2.05) is 0 Å². The Labute approximate surface area is 83.3 Å². The molecule has 1 atom stereocenters. The second-order valence-corrected chi connectivity index (χ2v) is 2.80. The highest BCUT2D eigenvalue weighted by molar-refractivity contribution is 6.11. The Balaban J connectivity index is 3.11. The van der Waals surface area contributed by atoms with Crippen molar-refractivity contribution in [2.24, 2.45) is 5.73 Å². The summed E-state index contributed by atoms with van der Waals surface area (Å²) in [6.07, 6.45) is 0. The minimum Gasteiger partial charge on any atom is -0.480 e. The third kappa shape index (κ3) is 2.35. The lowest BCUT2D eigenvalue weighted by molar-refractivity contribution is -0.137. The van der Waals surface area contributed by atoms with Crippen LogP contribution in [0.2, 0.25) is 0 Å². The fourth-order valence-corrected chi connectivity index (χ4v) is 0.966. The number of ketones is 1. The van der Waals surface area contributed by atoms with Crippen LogP contribution in [-0.2, 0) is 4.79 Å². The zero-order valence-electron chi connectivity index (χ0n) is 7.41. The molecule has 0 saturated carbocycles. The average Bonchev–Trinajstić information content (AvgIpc) is 2.19. The molecule has 0 aliphatic rings. The Morgan fingerprint density at radius 1 is 1.33 bits per heavy atom. The van der Waals surface area contributed by atoms with Crippen molar-refractivity contribution in [3.05, 3.63) is 35.4 Å². The topological polar surface area (TPSA) is 80.4 Å². The van der Waals surface area contributed by atoms with Gasteiger partial charge in [0.25, 0.3) is 0 Å². The first-order valence-electron chi connectivity index (χ1n) is 3.91. The van der Waals surface area contributed by atoms with Crippen molar-refractivity contribution in [1.82, 2.24) is 0 Å². The van der Waals surface area contributed by atoms with Crippen molar-refractivity contribution in [2.75, 3.05) is 0 Å². The number of rotatable bonds is 3. The fourth-order valence-electron chi connectivity index (χ4n) is 0.966. The van der Waals surface area contributed by atoms with E-state index in [0.29, 0.717) is 6.07 Å². The SMILES string of the molecule is NC(C(=O)O)C(=O)c1cc(F)ccc1F. The summed E-state index contributed by atoms with van der Waals surface area (Å²) in [7, 11) is 0. The molecule has 0 spiro atoms. The first-order valence-corrected chi connectivity index (χ1v) is 3.91. The number of hydrogen-bond donors (Lipinski definition) is 2. The predicted molar refractivity (Wildman–Crippen MR) is 46.3 cm³/mol. The molecule has 0 radical (unpaired) electrons. The molecule has 0 aromatic heterocycles. The van der Waals surface area contributed by atoms with Gasteiger partial charge in [-0.05, 0) is 18.2 Å². The number of nitrogens with two attached hydrogens (primary N) is 1. The van der Waals surface area contributed by atoms with Gasteiger partial charge in [0, 0.05) is 0 Å². The summed E-state index contributed by atoms with van der Waals surface area (Å²) in [4.78, 5) is 21.6. The lowest BCUT2D eigenvalue weighted by Gasteiger charge is -2.06. The quantitative estimate of drug-likeness (QED) is 0.570. The number of Topliss-reactive ketones (excluding diaryl/α,β-unsaturated/α-hetero) is 1. The third-order valence-electron chi connectivity index (χ3n) is 1.74. The van der Waals surface area contributed by atoms with Crippen LogP contribution in [0.4, 0.5) is 8.78 Å². The van der Waals surface area contributed by atoms with Crippen molar-refractivity contribution >= 4 is 11.8 Å². The lowest BCUT2D eigenvalue weighted by atomic mass is 10.0. The summed E-state index contributed by atoms with van der Waals surface area (Å²) < 4.78 is 25.7. The van der Waals surface area contributed by atoms with Crippen molar-refractivity contribution < 1.29 is 23.5 Å². The Hall–Kier alpha value is -1.82. The predicted octanol–water partition coefficient (Wildman–Crippen LogP) is 0.559. The zero-order valence-corrected chi connectivity index (χ0v) is 7.41. The molecule has 15 heavy (non-hydrogen) atoms. The van der Waals surface area contributed by atoms with Gasteiger partial charge in [0.1, 0.15) is 11.6 Å². The largest absolute Gasteiger partial charge is 0.480 e. The molecule has 0 aliphatic heterocycles. The van der Waals surface area contributed by atoms with Crippen LogP contribution in [0.5, 0.6) is 0 Å². The first kappa shape index (κ1) is 11.3. The van der Waals surface area contributed by atoms with Crippen LogP contribution in [-0.4, -0.2) is 22.9 Å². The maximum absolute atomic E-state index is 13.0. The maximum Gasteiger partial charge on any atom is 0.328 e. The lowest BCUT2D eigenvalue weighted by Crippen LogP contribution is -2.38. The number of halogens is 2. The second-order valence-electron chi connectivity index (χ2n) is 2.80. The van der Waals surface area contributed by atoms with Crippen LogP contribution < -0.4 is 5.73 Å². The molecule has 0 aliphatic carbocycles. The van der Waals surface area contributed by atoms with Gasteiger partial charge in [-0.2, -0.15) is 0 Å². The van der Waals surface area contributed by atoms with Gasteiger partial charge in [-0.3, -0.25) is 9.59 Å². The summed E-state index contributed by atoms with van der Waals surface area (Å²) >= 11 is 0. The molecular formula is C9H7F2NO3. The number of benzene rings is 1. The van der Waals surface area contributed by atoms with Crippen molar-refractivity contribution in [3.8, 4) is 0 Å². The average molecular weight is 215 g/mol. The molecule has 3 N–H and O–H groups in total.